The van der Waals surface area contributed by atoms with Crippen LogP contribution in [-0.2, 0) is 0 Å². The highest BCUT2D eigenvalue weighted by Gasteiger charge is 2.16. The fourth-order valence-corrected chi connectivity index (χ4v) is 2.75. The highest BCUT2D eigenvalue weighted by atomic mass is 79.9. The highest BCUT2D eigenvalue weighted by molar-refractivity contribution is 9.11. The summed E-state index contributed by atoms with van der Waals surface area (Å²) in [5.74, 6) is -0.627. The fourth-order valence-electron chi connectivity index (χ4n) is 1.42. The van der Waals surface area contributed by atoms with Crippen molar-refractivity contribution < 1.29 is 19.6 Å². The number of nitrogens with zero attached hydrogens (tertiary/aromatic N) is 2. The molecule has 108 valence electrons. The predicted octanol–water partition coefficient (Wildman–Crippen LogP) is 4.01. The Balaban J connectivity index is 2.31. The maximum absolute atomic E-state index is 10.7. The van der Waals surface area contributed by atoms with Crippen molar-refractivity contribution in [1.29, 1.82) is 0 Å². The summed E-state index contributed by atoms with van der Waals surface area (Å²) in [6.45, 7) is 0. The van der Waals surface area contributed by atoms with Crippen LogP contribution in [-0.4, -0.2) is 21.0 Å². The minimum atomic E-state index is -1.09. The number of carboxylic acids is 1. The number of rotatable bonds is 4. The average molecular weight is 418 g/mol. The standard InChI is InChI=1S/C12H6Br2N2O5/c13-8-3-7(16(19)20)4-9(14)11(8)21-10-2-1-6(5-15-10)12(17)18/h1-5H,(H,17,18). The van der Waals surface area contributed by atoms with Gasteiger partial charge in [0.05, 0.1) is 19.4 Å². The molecular weight excluding hydrogens is 412 g/mol. The van der Waals surface area contributed by atoms with Crippen molar-refractivity contribution in [3.05, 3.63) is 55.1 Å². The van der Waals surface area contributed by atoms with Gasteiger partial charge >= 0.3 is 5.97 Å². The molecular formula is C12H6Br2N2O5. The van der Waals surface area contributed by atoms with E-state index in [4.69, 9.17) is 9.84 Å². The zero-order valence-electron chi connectivity index (χ0n) is 10.1. The van der Waals surface area contributed by atoms with Crippen LogP contribution in [0.5, 0.6) is 11.6 Å². The van der Waals surface area contributed by atoms with Crippen LogP contribution >= 0.6 is 31.9 Å². The molecule has 1 aromatic carbocycles. The number of carboxylic acid groups (broad SMARTS) is 1. The number of nitro benzene ring substituents is 1. The summed E-state index contributed by atoms with van der Waals surface area (Å²) in [6, 6.07) is 5.33. The number of non-ortho nitro benzene ring substituents is 1. The van der Waals surface area contributed by atoms with Crippen LogP contribution in [0.1, 0.15) is 10.4 Å². The lowest BCUT2D eigenvalue weighted by Gasteiger charge is -2.09. The molecule has 0 saturated carbocycles. The Kier molecular flexibility index (Phi) is 4.53. The Labute approximate surface area is 135 Å². The molecule has 0 unspecified atom stereocenters. The van der Waals surface area contributed by atoms with E-state index in [1.54, 1.807) is 0 Å². The summed E-state index contributed by atoms with van der Waals surface area (Å²) in [5, 5.41) is 19.5. The van der Waals surface area contributed by atoms with Crippen LogP contribution in [0.4, 0.5) is 5.69 Å². The first kappa shape index (κ1) is 15.4. The van der Waals surface area contributed by atoms with E-state index in [2.05, 4.69) is 36.8 Å². The van der Waals surface area contributed by atoms with Crippen LogP contribution in [0.15, 0.2) is 39.4 Å². The van der Waals surface area contributed by atoms with Crippen LogP contribution < -0.4 is 4.74 Å². The topological polar surface area (TPSA) is 103 Å². The number of carbonyl (C=O) groups is 1. The summed E-state index contributed by atoms with van der Waals surface area (Å²) < 4.78 is 6.23. The van der Waals surface area contributed by atoms with Gasteiger partial charge in [0.25, 0.3) is 5.69 Å². The second-order valence-corrected chi connectivity index (χ2v) is 5.50. The van der Waals surface area contributed by atoms with Crippen molar-refractivity contribution >= 4 is 43.5 Å². The van der Waals surface area contributed by atoms with Crippen LogP contribution in [0.25, 0.3) is 0 Å². The van der Waals surface area contributed by atoms with Crippen molar-refractivity contribution in [3.8, 4) is 11.6 Å². The first-order chi connectivity index (χ1) is 9.88. The third kappa shape index (κ3) is 3.56. The van der Waals surface area contributed by atoms with Crippen LogP contribution in [0.3, 0.4) is 0 Å². The third-order valence-corrected chi connectivity index (χ3v) is 3.56. The first-order valence-corrected chi connectivity index (χ1v) is 6.97. The van der Waals surface area contributed by atoms with Gasteiger partial charge < -0.3 is 9.84 Å². The number of hydrogen-bond acceptors (Lipinski definition) is 5. The molecule has 0 radical (unpaired) electrons. The smallest absolute Gasteiger partial charge is 0.337 e. The van der Waals surface area contributed by atoms with Crippen molar-refractivity contribution in [2.24, 2.45) is 0 Å². The molecule has 0 bridgehead atoms. The summed E-state index contributed by atoms with van der Waals surface area (Å²) in [6.07, 6.45) is 1.16. The zero-order chi connectivity index (χ0) is 15.6. The largest absolute Gasteiger partial charge is 0.478 e. The van der Waals surface area contributed by atoms with Crippen molar-refractivity contribution in [3.63, 3.8) is 0 Å². The zero-order valence-corrected chi connectivity index (χ0v) is 13.3. The molecule has 0 atom stereocenters. The number of ether oxygens (including phenoxy) is 1. The molecule has 7 nitrogen and oxygen atoms in total. The summed E-state index contributed by atoms with van der Waals surface area (Å²) in [4.78, 5) is 24.8. The van der Waals surface area contributed by atoms with Gasteiger partial charge in [0.1, 0.15) is 0 Å². The van der Waals surface area contributed by atoms with Crippen molar-refractivity contribution in [1.82, 2.24) is 4.98 Å². The second kappa shape index (κ2) is 6.19. The lowest BCUT2D eigenvalue weighted by Crippen LogP contribution is -1.98. The Bertz CT molecular complexity index is 695. The molecule has 0 spiro atoms. The normalized spacial score (nSPS) is 10.2. The maximum atomic E-state index is 10.7. The molecule has 1 aromatic heterocycles. The van der Waals surface area contributed by atoms with Gasteiger partial charge in [-0.3, -0.25) is 10.1 Å². The summed E-state index contributed by atoms with van der Waals surface area (Å²) in [5.41, 5.74) is -0.0699. The second-order valence-electron chi connectivity index (χ2n) is 3.79. The van der Waals surface area contributed by atoms with Crippen molar-refractivity contribution in [2.75, 3.05) is 0 Å². The number of hydrogen-bond donors (Lipinski definition) is 1. The number of aromatic carboxylic acids is 1. The number of pyridine rings is 1. The Hall–Kier alpha value is -2.00. The molecule has 2 rings (SSSR count). The number of benzene rings is 1. The maximum Gasteiger partial charge on any atom is 0.337 e. The van der Waals surface area contributed by atoms with Gasteiger partial charge in [-0.15, -0.1) is 0 Å². The summed E-state index contributed by atoms with van der Waals surface area (Å²) >= 11 is 6.36. The van der Waals surface area contributed by atoms with E-state index in [9.17, 15) is 14.9 Å². The molecule has 0 aliphatic carbocycles. The van der Waals surface area contributed by atoms with Crippen molar-refractivity contribution in [2.45, 2.75) is 0 Å². The van der Waals surface area contributed by atoms with Gasteiger partial charge in [-0.05, 0) is 37.9 Å². The molecule has 9 heteroatoms. The minimum absolute atomic E-state index is 0.0316. The molecule has 1 heterocycles. The molecule has 0 aliphatic heterocycles. The monoisotopic (exact) mass is 416 g/mol. The van der Waals surface area contributed by atoms with E-state index in [-0.39, 0.29) is 17.1 Å². The average Bonchev–Trinajstić information content (AvgIpc) is 2.43. The quantitative estimate of drug-likeness (QED) is 0.595. The van der Waals surface area contributed by atoms with E-state index in [1.165, 1.54) is 24.3 Å². The Morgan fingerprint density at radius 3 is 2.33 bits per heavy atom. The van der Waals surface area contributed by atoms with E-state index < -0.39 is 10.9 Å². The fraction of sp³-hybridized carbons (Fsp3) is 0. The minimum Gasteiger partial charge on any atom is -0.478 e. The molecule has 0 aliphatic rings. The van der Waals surface area contributed by atoms with E-state index >= 15 is 0 Å². The lowest BCUT2D eigenvalue weighted by molar-refractivity contribution is -0.385. The molecule has 2 aromatic rings. The van der Waals surface area contributed by atoms with Gasteiger partial charge in [-0.2, -0.15) is 0 Å². The van der Waals surface area contributed by atoms with Crippen LogP contribution in [0, 0.1) is 10.1 Å². The van der Waals surface area contributed by atoms with Gasteiger partial charge in [0.15, 0.2) is 5.75 Å². The Morgan fingerprint density at radius 2 is 1.90 bits per heavy atom. The molecule has 0 fully saturated rings. The number of nitro groups is 1. The van der Waals surface area contributed by atoms with Gasteiger partial charge in [0, 0.05) is 24.4 Å². The van der Waals surface area contributed by atoms with E-state index in [1.807, 2.05) is 0 Å². The van der Waals surface area contributed by atoms with Gasteiger partial charge in [-0.25, -0.2) is 9.78 Å². The molecule has 0 amide bonds. The Morgan fingerprint density at radius 1 is 1.29 bits per heavy atom. The predicted molar refractivity (Wildman–Crippen MR) is 79.8 cm³/mol. The number of aromatic nitrogens is 1. The first-order valence-electron chi connectivity index (χ1n) is 5.39. The summed E-state index contributed by atoms with van der Waals surface area (Å²) in [7, 11) is 0. The van der Waals surface area contributed by atoms with Gasteiger partial charge in [0.2, 0.25) is 5.88 Å². The lowest BCUT2D eigenvalue weighted by atomic mass is 10.3. The van der Waals surface area contributed by atoms with Gasteiger partial charge in [-0.1, -0.05) is 0 Å². The number of halogens is 2. The third-order valence-electron chi connectivity index (χ3n) is 2.38. The molecule has 21 heavy (non-hydrogen) atoms. The molecule has 0 saturated heterocycles. The highest BCUT2D eigenvalue weighted by Crippen LogP contribution is 2.39. The molecule has 1 N–H and O–H groups in total. The van der Waals surface area contributed by atoms with E-state index in [0.29, 0.717) is 14.7 Å². The SMILES string of the molecule is O=C(O)c1ccc(Oc2c(Br)cc([N+](=O)[O-])cc2Br)nc1. The van der Waals surface area contributed by atoms with E-state index in [0.717, 1.165) is 6.20 Å². The van der Waals surface area contributed by atoms with Crippen LogP contribution in [0.2, 0.25) is 0 Å².